The number of aliphatic hydroxyl groups excluding tert-OH is 2. The Balaban J connectivity index is 1.63. The van der Waals surface area contributed by atoms with E-state index in [0.29, 0.717) is 39.0 Å². The zero-order chi connectivity index (χ0) is 12.4. The molecule has 2 amide bonds. The molecule has 0 aromatic carbocycles. The van der Waals surface area contributed by atoms with Crippen LogP contribution in [0.15, 0.2) is 0 Å². The first-order chi connectivity index (χ1) is 8.08. The summed E-state index contributed by atoms with van der Waals surface area (Å²) in [5.74, 6) is -0.340. The Morgan fingerprint density at radius 3 is 2.65 bits per heavy atom. The molecule has 0 aromatic heterocycles. The number of hydrogen-bond donors (Lipinski definition) is 2. The molecule has 0 aliphatic carbocycles. The van der Waals surface area contributed by atoms with Gasteiger partial charge in [0.2, 0.25) is 5.91 Å². The molecule has 1 radical (unpaired) electrons. The van der Waals surface area contributed by atoms with Crippen LogP contribution in [0.4, 0.5) is 0 Å². The Labute approximate surface area is 99.8 Å². The van der Waals surface area contributed by atoms with Crippen molar-refractivity contribution in [2.45, 2.75) is 25.0 Å². The lowest BCUT2D eigenvalue weighted by molar-refractivity contribution is -0.138. The monoisotopic (exact) mass is 241 g/mol. The van der Waals surface area contributed by atoms with Gasteiger partial charge in [-0.05, 0) is 12.8 Å². The molecule has 0 spiro atoms. The second kappa shape index (κ2) is 5.01. The maximum atomic E-state index is 11.5. The molecular formula is C11H17N2O4. The molecule has 2 heterocycles. The fraction of sp³-hybridized carbons (Fsp3) is 0.727. The van der Waals surface area contributed by atoms with Gasteiger partial charge in [0.25, 0.3) is 5.91 Å². The Bertz CT molecular complexity index is 315. The second-order valence-electron chi connectivity index (χ2n) is 4.52. The van der Waals surface area contributed by atoms with Gasteiger partial charge in [-0.15, -0.1) is 0 Å². The van der Waals surface area contributed by atoms with E-state index in [-0.39, 0.29) is 17.9 Å². The third-order valence-corrected chi connectivity index (χ3v) is 3.16. The molecule has 2 N–H and O–H groups in total. The van der Waals surface area contributed by atoms with Gasteiger partial charge in [0.05, 0.1) is 12.5 Å². The lowest BCUT2D eigenvalue weighted by Crippen LogP contribution is -2.53. The molecule has 95 valence electrons. The van der Waals surface area contributed by atoms with Gasteiger partial charge in [-0.25, -0.2) is 0 Å². The Morgan fingerprint density at radius 2 is 2.12 bits per heavy atom. The fourth-order valence-corrected chi connectivity index (χ4v) is 2.05. The first kappa shape index (κ1) is 12.3. The van der Waals surface area contributed by atoms with Gasteiger partial charge in [0, 0.05) is 26.2 Å². The van der Waals surface area contributed by atoms with E-state index in [2.05, 4.69) is 0 Å². The molecule has 0 saturated carbocycles. The van der Waals surface area contributed by atoms with Crippen LogP contribution in [-0.2, 0) is 9.59 Å². The van der Waals surface area contributed by atoms with E-state index in [4.69, 9.17) is 5.11 Å². The van der Waals surface area contributed by atoms with Crippen molar-refractivity contribution in [1.82, 2.24) is 9.80 Å². The SMILES string of the molecule is O=C([CH]CCN1CCC(O)C1=O)N1CC(O)C1. The highest BCUT2D eigenvalue weighted by molar-refractivity contribution is 5.86. The number of carbonyl (C=O) groups is 2. The fourth-order valence-electron chi connectivity index (χ4n) is 2.05. The number of aliphatic hydroxyl groups is 2. The second-order valence-corrected chi connectivity index (χ2v) is 4.52. The first-order valence-electron chi connectivity index (χ1n) is 5.85. The molecule has 17 heavy (non-hydrogen) atoms. The Hall–Kier alpha value is -1.14. The quantitative estimate of drug-likeness (QED) is 0.619. The number of carbonyl (C=O) groups excluding carboxylic acids is 2. The van der Waals surface area contributed by atoms with E-state index in [1.807, 2.05) is 0 Å². The third-order valence-electron chi connectivity index (χ3n) is 3.16. The summed E-state index contributed by atoms with van der Waals surface area (Å²) >= 11 is 0. The molecular weight excluding hydrogens is 224 g/mol. The maximum Gasteiger partial charge on any atom is 0.251 e. The van der Waals surface area contributed by atoms with E-state index < -0.39 is 6.10 Å². The highest BCUT2D eigenvalue weighted by Crippen LogP contribution is 2.13. The topological polar surface area (TPSA) is 81.1 Å². The maximum absolute atomic E-state index is 11.5. The number of hydrogen-bond acceptors (Lipinski definition) is 4. The first-order valence-corrected chi connectivity index (χ1v) is 5.85. The van der Waals surface area contributed by atoms with E-state index in [1.54, 1.807) is 9.80 Å². The van der Waals surface area contributed by atoms with Crippen molar-refractivity contribution in [3.05, 3.63) is 6.42 Å². The smallest absolute Gasteiger partial charge is 0.251 e. The summed E-state index contributed by atoms with van der Waals surface area (Å²) in [7, 11) is 0. The van der Waals surface area contributed by atoms with Gasteiger partial charge in [0.15, 0.2) is 0 Å². The summed E-state index contributed by atoms with van der Waals surface area (Å²) in [6.45, 7) is 1.83. The van der Waals surface area contributed by atoms with Crippen LogP contribution in [0.3, 0.4) is 0 Å². The minimum absolute atomic E-state index is 0.0949. The van der Waals surface area contributed by atoms with Crippen molar-refractivity contribution in [3.63, 3.8) is 0 Å². The molecule has 2 rings (SSSR count). The third kappa shape index (κ3) is 2.76. The number of β-amino-alcohol motifs (C(OH)–C–C–N with tert-alkyl or cyclic N) is 1. The van der Waals surface area contributed by atoms with Crippen LogP contribution in [0.2, 0.25) is 0 Å². The molecule has 0 bridgehead atoms. The van der Waals surface area contributed by atoms with Gasteiger partial charge in [-0.1, -0.05) is 0 Å². The highest BCUT2D eigenvalue weighted by atomic mass is 16.3. The number of nitrogens with zero attached hydrogens (tertiary/aromatic N) is 2. The van der Waals surface area contributed by atoms with Gasteiger partial charge < -0.3 is 20.0 Å². The van der Waals surface area contributed by atoms with Crippen LogP contribution in [0.5, 0.6) is 0 Å². The lowest BCUT2D eigenvalue weighted by atomic mass is 10.1. The molecule has 2 fully saturated rings. The zero-order valence-electron chi connectivity index (χ0n) is 9.58. The van der Waals surface area contributed by atoms with Crippen LogP contribution < -0.4 is 0 Å². The summed E-state index contributed by atoms with van der Waals surface area (Å²) in [6.07, 6.45) is 1.25. The molecule has 1 atom stereocenters. The predicted molar refractivity (Wildman–Crippen MR) is 58.7 cm³/mol. The van der Waals surface area contributed by atoms with Crippen molar-refractivity contribution in [2.75, 3.05) is 26.2 Å². The van der Waals surface area contributed by atoms with Gasteiger partial charge in [-0.2, -0.15) is 0 Å². The zero-order valence-corrected chi connectivity index (χ0v) is 9.58. The van der Waals surface area contributed by atoms with Gasteiger partial charge in [-0.3, -0.25) is 9.59 Å². The van der Waals surface area contributed by atoms with Crippen LogP contribution in [0, 0.1) is 6.42 Å². The van der Waals surface area contributed by atoms with Crippen molar-refractivity contribution in [3.8, 4) is 0 Å². The van der Waals surface area contributed by atoms with Crippen LogP contribution in [0.1, 0.15) is 12.8 Å². The predicted octanol–water partition coefficient (Wildman–Crippen LogP) is -1.62. The summed E-state index contributed by atoms with van der Waals surface area (Å²) < 4.78 is 0. The Kier molecular flexibility index (Phi) is 3.63. The Morgan fingerprint density at radius 1 is 1.41 bits per heavy atom. The number of amides is 2. The van der Waals surface area contributed by atoms with Gasteiger partial charge in [0.1, 0.15) is 6.10 Å². The summed E-state index contributed by atoms with van der Waals surface area (Å²) in [5.41, 5.74) is 0. The van der Waals surface area contributed by atoms with E-state index in [1.165, 1.54) is 6.42 Å². The number of rotatable bonds is 4. The van der Waals surface area contributed by atoms with Crippen LogP contribution in [-0.4, -0.2) is 70.2 Å². The molecule has 6 heteroatoms. The molecule has 0 aromatic rings. The lowest BCUT2D eigenvalue weighted by Gasteiger charge is -2.35. The van der Waals surface area contributed by atoms with Crippen LogP contribution >= 0.6 is 0 Å². The minimum atomic E-state index is -0.865. The average Bonchev–Trinajstić information content (AvgIpc) is 2.56. The van der Waals surface area contributed by atoms with Gasteiger partial charge >= 0.3 is 0 Å². The average molecular weight is 241 g/mol. The van der Waals surface area contributed by atoms with E-state index >= 15 is 0 Å². The van der Waals surface area contributed by atoms with Crippen molar-refractivity contribution in [1.29, 1.82) is 0 Å². The van der Waals surface area contributed by atoms with Crippen molar-refractivity contribution < 1.29 is 19.8 Å². The van der Waals surface area contributed by atoms with E-state index in [9.17, 15) is 14.7 Å². The van der Waals surface area contributed by atoms with Crippen molar-refractivity contribution >= 4 is 11.8 Å². The summed E-state index contributed by atoms with van der Waals surface area (Å²) in [4.78, 5) is 26.0. The summed E-state index contributed by atoms with van der Waals surface area (Å²) in [6, 6.07) is 0. The van der Waals surface area contributed by atoms with E-state index in [0.717, 1.165) is 0 Å². The summed E-state index contributed by atoms with van der Waals surface area (Å²) in [5, 5.41) is 18.3. The molecule has 6 nitrogen and oxygen atoms in total. The van der Waals surface area contributed by atoms with Crippen molar-refractivity contribution in [2.24, 2.45) is 0 Å². The normalized spacial score (nSPS) is 25.3. The highest BCUT2D eigenvalue weighted by Gasteiger charge is 2.31. The van der Waals surface area contributed by atoms with Crippen LogP contribution in [0.25, 0.3) is 0 Å². The molecule has 2 aliphatic heterocycles. The minimum Gasteiger partial charge on any atom is -0.389 e. The standard InChI is InChI=1S/C11H17N2O4/c14-8-6-13(7-8)10(16)2-1-4-12-5-3-9(15)11(12)17/h2,8-9,14-15H,1,3-7H2. The largest absolute Gasteiger partial charge is 0.389 e. The molecule has 1 unspecified atom stereocenters. The number of likely N-dealkylation sites (tertiary alicyclic amines) is 2. The molecule has 2 saturated heterocycles. The molecule has 2 aliphatic rings.